The van der Waals surface area contributed by atoms with Gasteiger partial charge in [-0.05, 0) is 49.9 Å². The van der Waals surface area contributed by atoms with Crippen LogP contribution in [-0.4, -0.2) is 19.3 Å². The van der Waals surface area contributed by atoms with Crippen molar-refractivity contribution in [1.82, 2.24) is 5.32 Å². The van der Waals surface area contributed by atoms with Crippen molar-refractivity contribution in [3.8, 4) is 0 Å². The molecule has 1 atom stereocenters. The van der Waals surface area contributed by atoms with Gasteiger partial charge in [0, 0.05) is 6.04 Å². The Kier molecular flexibility index (Phi) is 3.31. The molecule has 16 heavy (non-hydrogen) atoms. The molecule has 1 aromatic carbocycles. The van der Waals surface area contributed by atoms with Crippen molar-refractivity contribution in [2.75, 3.05) is 13.2 Å². The van der Waals surface area contributed by atoms with Crippen LogP contribution in [0.1, 0.15) is 35.2 Å². The number of ether oxygens (including phenoxy) is 1. The second kappa shape index (κ2) is 4.56. The molecule has 1 unspecified atom stereocenters. The molecule has 0 saturated carbocycles. The van der Waals surface area contributed by atoms with Crippen LogP contribution < -0.4 is 5.32 Å². The van der Waals surface area contributed by atoms with Gasteiger partial charge in [0.25, 0.3) is 0 Å². The standard InChI is InChI=1S/C14H21NO/c1-9-5-11(3)14(6-10(9)2)12(4)15-13-7-16-8-13/h5-6,12-13,15H,7-8H2,1-4H3. The van der Waals surface area contributed by atoms with Crippen LogP contribution in [0.15, 0.2) is 12.1 Å². The molecular weight excluding hydrogens is 198 g/mol. The highest BCUT2D eigenvalue weighted by molar-refractivity contribution is 5.38. The Morgan fingerprint density at radius 3 is 2.31 bits per heavy atom. The zero-order valence-electron chi connectivity index (χ0n) is 10.6. The Morgan fingerprint density at radius 2 is 1.75 bits per heavy atom. The lowest BCUT2D eigenvalue weighted by Crippen LogP contribution is -2.46. The molecule has 0 bridgehead atoms. The number of rotatable bonds is 3. The second-order valence-corrected chi connectivity index (χ2v) is 4.92. The van der Waals surface area contributed by atoms with Gasteiger partial charge in [-0.15, -0.1) is 0 Å². The highest BCUT2D eigenvalue weighted by atomic mass is 16.5. The summed E-state index contributed by atoms with van der Waals surface area (Å²) in [6.07, 6.45) is 0. The minimum absolute atomic E-state index is 0.410. The van der Waals surface area contributed by atoms with Gasteiger partial charge >= 0.3 is 0 Å². The number of aryl methyl sites for hydroxylation is 3. The number of nitrogens with one attached hydrogen (secondary N) is 1. The molecule has 0 aliphatic carbocycles. The van der Waals surface area contributed by atoms with E-state index in [0.717, 1.165) is 13.2 Å². The van der Waals surface area contributed by atoms with Gasteiger partial charge in [0.2, 0.25) is 0 Å². The lowest BCUT2D eigenvalue weighted by atomic mass is 9.96. The highest BCUT2D eigenvalue weighted by Gasteiger charge is 2.21. The van der Waals surface area contributed by atoms with Gasteiger partial charge in [-0.25, -0.2) is 0 Å². The second-order valence-electron chi connectivity index (χ2n) is 4.92. The van der Waals surface area contributed by atoms with E-state index in [1.165, 1.54) is 22.3 Å². The first-order valence-corrected chi connectivity index (χ1v) is 5.99. The van der Waals surface area contributed by atoms with Crippen LogP contribution >= 0.6 is 0 Å². The van der Waals surface area contributed by atoms with Gasteiger partial charge in [0.15, 0.2) is 0 Å². The predicted octanol–water partition coefficient (Wildman–Crippen LogP) is 2.66. The lowest BCUT2D eigenvalue weighted by Gasteiger charge is -2.31. The Hall–Kier alpha value is -0.860. The molecule has 1 N–H and O–H groups in total. The Morgan fingerprint density at radius 1 is 1.12 bits per heavy atom. The summed E-state index contributed by atoms with van der Waals surface area (Å²) in [5, 5.41) is 3.60. The van der Waals surface area contributed by atoms with Gasteiger partial charge in [0.05, 0.1) is 19.3 Å². The van der Waals surface area contributed by atoms with E-state index in [1.54, 1.807) is 0 Å². The van der Waals surface area contributed by atoms with E-state index < -0.39 is 0 Å². The van der Waals surface area contributed by atoms with Gasteiger partial charge in [-0.1, -0.05) is 12.1 Å². The molecule has 1 heterocycles. The highest BCUT2D eigenvalue weighted by Crippen LogP contribution is 2.22. The summed E-state index contributed by atoms with van der Waals surface area (Å²) in [5.41, 5.74) is 5.54. The number of hydrogen-bond donors (Lipinski definition) is 1. The molecule has 0 aromatic heterocycles. The molecule has 2 heteroatoms. The maximum Gasteiger partial charge on any atom is 0.0643 e. The van der Waals surface area contributed by atoms with Crippen molar-refractivity contribution >= 4 is 0 Å². The molecule has 1 aromatic rings. The van der Waals surface area contributed by atoms with Crippen LogP contribution in [-0.2, 0) is 4.74 Å². The fraction of sp³-hybridized carbons (Fsp3) is 0.571. The summed E-state index contributed by atoms with van der Waals surface area (Å²) in [6, 6.07) is 5.53. The maximum atomic E-state index is 5.18. The van der Waals surface area contributed by atoms with E-state index >= 15 is 0 Å². The van der Waals surface area contributed by atoms with Gasteiger partial charge in [-0.3, -0.25) is 0 Å². The summed E-state index contributed by atoms with van der Waals surface area (Å²) in [5.74, 6) is 0. The van der Waals surface area contributed by atoms with Gasteiger partial charge in [-0.2, -0.15) is 0 Å². The van der Waals surface area contributed by atoms with Crippen molar-refractivity contribution < 1.29 is 4.74 Å². The van der Waals surface area contributed by atoms with Crippen LogP contribution in [0.4, 0.5) is 0 Å². The van der Waals surface area contributed by atoms with Crippen molar-refractivity contribution in [2.45, 2.75) is 39.8 Å². The third-order valence-electron chi connectivity index (χ3n) is 3.47. The lowest BCUT2D eigenvalue weighted by molar-refractivity contribution is -0.00928. The minimum Gasteiger partial charge on any atom is -0.378 e. The van der Waals surface area contributed by atoms with Gasteiger partial charge < -0.3 is 10.1 Å². The Balaban J connectivity index is 2.14. The van der Waals surface area contributed by atoms with E-state index in [-0.39, 0.29) is 0 Å². The van der Waals surface area contributed by atoms with Crippen molar-refractivity contribution in [3.05, 3.63) is 34.4 Å². The molecule has 0 amide bonds. The third kappa shape index (κ3) is 2.28. The predicted molar refractivity (Wildman–Crippen MR) is 66.8 cm³/mol. The van der Waals surface area contributed by atoms with Crippen molar-refractivity contribution in [2.24, 2.45) is 0 Å². The first-order chi connectivity index (χ1) is 7.58. The first kappa shape index (κ1) is 11.6. The van der Waals surface area contributed by atoms with E-state index in [4.69, 9.17) is 4.74 Å². The van der Waals surface area contributed by atoms with E-state index in [1.807, 2.05) is 0 Å². The van der Waals surface area contributed by atoms with Crippen LogP contribution in [0.2, 0.25) is 0 Å². The molecule has 1 aliphatic rings. The molecule has 2 nitrogen and oxygen atoms in total. The summed E-state index contributed by atoms with van der Waals surface area (Å²) < 4.78 is 5.18. The molecule has 1 aliphatic heterocycles. The first-order valence-electron chi connectivity index (χ1n) is 5.99. The number of hydrogen-bond acceptors (Lipinski definition) is 2. The average molecular weight is 219 g/mol. The monoisotopic (exact) mass is 219 g/mol. The molecule has 0 radical (unpaired) electrons. The van der Waals surface area contributed by atoms with Crippen LogP contribution in [0.25, 0.3) is 0 Å². The van der Waals surface area contributed by atoms with Crippen molar-refractivity contribution in [1.29, 1.82) is 0 Å². The van der Waals surface area contributed by atoms with Crippen LogP contribution in [0, 0.1) is 20.8 Å². The van der Waals surface area contributed by atoms with E-state index in [9.17, 15) is 0 Å². The Bertz CT molecular complexity index is 383. The smallest absolute Gasteiger partial charge is 0.0643 e. The largest absolute Gasteiger partial charge is 0.378 e. The van der Waals surface area contributed by atoms with Crippen molar-refractivity contribution in [3.63, 3.8) is 0 Å². The zero-order valence-corrected chi connectivity index (χ0v) is 10.6. The molecule has 88 valence electrons. The molecule has 1 saturated heterocycles. The fourth-order valence-electron chi connectivity index (χ4n) is 2.22. The summed E-state index contributed by atoms with van der Waals surface area (Å²) in [4.78, 5) is 0. The Labute approximate surface area is 98.0 Å². The minimum atomic E-state index is 0.410. The average Bonchev–Trinajstić information content (AvgIpc) is 2.17. The summed E-state index contributed by atoms with van der Waals surface area (Å²) in [7, 11) is 0. The van der Waals surface area contributed by atoms with Crippen LogP contribution in [0.5, 0.6) is 0 Å². The van der Waals surface area contributed by atoms with E-state index in [0.29, 0.717) is 12.1 Å². The molecule has 2 rings (SSSR count). The topological polar surface area (TPSA) is 21.3 Å². The number of benzene rings is 1. The normalized spacial score (nSPS) is 18.2. The fourth-order valence-corrected chi connectivity index (χ4v) is 2.22. The molecule has 1 fully saturated rings. The summed E-state index contributed by atoms with van der Waals surface area (Å²) in [6.45, 7) is 10.5. The zero-order chi connectivity index (χ0) is 11.7. The quantitative estimate of drug-likeness (QED) is 0.844. The SMILES string of the molecule is Cc1cc(C)c(C(C)NC2COC2)cc1C. The maximum absolute atomic E-state index is 5.18. The molecular formula is C14H21NO. The van der Waals surface area contributed by atoms with E-state index in [2.05, 4.69) is 45.1 Å². The third-order valence-corrected chi connectivity index (χ3v) is 3.47. The van der Waals surface area contributed by atoms with Crippen LogP contribution in [0.3, 0.4) is 0 Å². The van der Waals surface area contributed by atoms with Gasteiger partial charge in [0.1, 0.15) is 0 Å². The molecule has 0 spiro atoms. The summed E-state index contributed by atoms with van der Waals surface area (Å²) >= 11 is 0.